The lowest BCUT2D eigenvalue weighted by atomic mass is 9.76. The standard InChI is InChI=1S/C24H33N7O3/c1-15(2)30-11-7-9-18(23(30)33)28-19-12-20(25-4)31-21(29-19)17(14-27-31)22(32)26-13-16-8-5-6-10-24(16,3)34/h7,9,11-12,14-16,25,34H,5-6,8,10,13H2,1-4H3,(H,26,32)(H,28,29)/t16-,24+/m1/s1. The highest BCUT2D eigenvalue weighted by molar-refractivity contribution is 6.00. The molecule has 1 fully saturated rings. The molecule has 2 atom stereocenters. The van der Waals surface area contributed by atoms with Crippen LogP contribution in [0.1, 0.15) is 62.9 Å². The molecule has 0 radical (unpaired) electrons. The molecule has 4 rings (SSSR count). The summed E-state index contributed by atoms with van der Waals surface area (Å²) >= 11 is 0. The van der Waals surface area contributed by atoms with E-state index in [1.165, 1.54) is 6.20 Å². The number of nitrogens with zero attached hydrogens (tertiary/aromatic N) is 4. The zero-order valence-electron chi connectivity index (χ0n) is 20.1. The van der Waals surface area contributed by atoms with Crippen molar-refractivity contribution in [2.45, 2.75) is 58.1 Å². The molecule has 3 aromatic heterocycles. The summed E-state index contributed by atoms with van der Waals surface area (Å²) in [5.74, 6) is 0.735. The molecule has 10 nitrogen and oxygen atoms in total. The van der Waals surface area contributed by atoms with Crippen LogP contribution in [0.15, 0.2) is 35.4 Å². The lowest BCUT2D eigenvalue weighted by Gasteiger charge is -2.37. The van der Waals surface area contributed by atoms with Crippen molar-refractivity contribution in [3.05, 3.63) is 46.5 Å². The summed E-state index contributed by atoms with van der Waals surface area (Å²) in [5.41, 5.74) is 0.141. The first-order valence-corrected chi connectivity index (χ1v) is 11.8. The van der Waals surface area contributed by atoms with E-state index in [1.807, 2.05) is 20.8 Å². The van der Waals surface area contributed by atoms with E-state index in [4.69, 9.17) is 0 Å². The Kier molecular flexibility index (Phi) is 6.60. The average Bonchev–Trinajstić information content (AvgIpc) is 3.22. The fourth-order valence-corrected chi connectivity index (χ4v) is 4.54. The minimum Gasteiger partial charge on any atom is -0.390 e. The molecule has 1 saturated carbocycles. The van der Waals surface area contributed by atoms with Crippen LogP contribution in [0.3, 0.4) is 0 Å². The van der Waals surface area contributed by atoms with E-state index in [2.05, 4.69) is 26.0 Å². The van der Waals surface area contributed by atoms with Gasteiger partial charge in [-0.25, -0.2) is 4.98 Å². The van der Waals surface area contributed by atoms with Crippen LogP contribution in [0.25, 0.3) is 5.65 Å². The molecular weight excluding hydrogens is 434 g/mol. The molecule has 1 amide bonds. The van der Waals surface area contributed by atoms with Crippen molar-refractivity contribution in [1.82, 2.24) is 24.5 Å². The van der Waals surface area contributed by atoms with Gasteiger partial charge in [-0.15, -0.1) is 0 Å². The van der Waals surface area contributed by atoms with Crippen molar-refractivity contribution in [3.8, 4) is 0 Å². The molecule has 0 aliphatic heterocycles. The van der Waals surface area contributed by atoms with Gasteiger partial charge in [0.25, 0.3) is 11.5 Å². The summed E-state index contributed by atoms with van der Waals surface area (Å²) < 4.78 is 3.19. The van der Waals surface area contributed by atoms with E-state index in [9.17, 15) is 14.7 Å². The predicted octanol–water partition coefficient (Wildman–Crippen LogP) is 2.93. The first-order chi connectivity index (χ1) is 16.2. The summed E-state index contributed by atoms with van der Waals surface area (Å²) in [6, 6.07) is 5.26. The molecule has 0 bridgehead atoms. The Morgan fingerprint density at radius 3 is 2.85 bits per heavy atom. The number of carbonyl (C=O) groups is 1. The molecule has 0 saturated heterocycles. The second-order valence-corrected chi connectivity index (χ2v) is 9.43. The Bertz CT molecular complexity index is 1250. The van der Waals surface area contributed by atoms with Crippen molar-refractivity contribution in [1.29, 1.82) is 0 Å². The van der Waals surface area contributed by atoms with Crippen molar-refractivity contribution in [2.75, 3.05) is 24.2 Å². The normalized spacial score (nSPS) is 20.5. The molecular formula is C24H33N7O3. The fourth-order valence-electron chi connectivity index (χ4n) is 4.54. The SMILES string of the molecule is CNc1cc(Nc2cccn(C(C)C)c2=O)nc2c(C(=O)NC[C@H]3CCCC[C@]3(C)O)cnn12. The maximum absolute atomic E-state index is 13.0. The van der Waals surface area contributed by atoms with E-state index in [0.717, 1.165) is 25.7 Å². The Hall–Kier alpha value is -3.40. The molecule has 3 aromatic rings. The van der Waals surface area contributed by atoms with Crippen LogP contribution in [-0.4, -0.2) is 49.4 Å². The monoisotopic (exact) mass is 467 g/mol. The quantitative estimate of drug-likeness (QED) is 0.421. The highest BCUT2D eigenvalue weighted by Gasteiger charge is 2.34. The third-order valence-electron chi connectivity index (χ3n) is 6.64. The number of aromatic nitrogens is 4. The van der Waals surface area contributed by atoms with Crippen LogP contribution < -0.4 is 21.5 Å². The predicted molar refractivity (Wildman–Crippen MR) is 132 cm³/mol. The van der Waals surface area contributed by atoms with Gasteiger partial charge in [-0.1, -0.05) is 12.8 Å². The van der Waals surface area contributed by atoms with Gasteiger partial charge in [0.2, 0.25) is 0 Å². The number of amides is 1. The maximum Gasteiger partial charge on any atom is 0.274 e. The van der Waals surface area contributed by atoms with Crippen LogP contribution in [0.5, 0.6) is 0 Å². The number of pyridine rings is 1. The van der Waals surface area contributed by atoms with Crippen molar-refractivity contribution in [3.63, 3.8) is 0 Å². The molecule has 0 unspecified atom stereocenters. The second kappa shape index (κ2) is 9.46. The Labute approximate surface area is 198 Å². The summed E-state index contributed by atoms with van der Waals surface area (Å²) in [4.78, 5) is 30.4. The van der Waals surface area contributed by atoms with Crippen LogP contribution in [0.2, 0.25) is 0 Å². The van der Waals surface area contributed by atoms with Crippen LogP contribution >= 0.6 is 0 Å². The van der Waals surface area contributed by atoms with Crippen molar-refractivity contribution in [2.24, 2.45) is 5.92 Å². The number of carbonyl (C=O) groups excluding carboxylic acids is 1. The topological polar surface area (TPSA) is 126 Å². The molecule has 34 heavy (non-hydrogen) atoms. The lowest BCUT2D eigenvalue weighted by molar-refractivity contribution is -0.0301. The van der Waals surface area contributed by atoms with Gasteiger partial charge in [-0.2, -0.15) is 9.61 Å². The smallest absolute Gasteiger partial charge is 0.274 e. The summed E-state index contributed by atoms with van der Waals surface area (Å²) in [5, 5.41) is 24.1. The Balaban J connectivity index is 1.61. The third kappa shape index (κ3) is 4.63. The first-order valence-electron chi connectivity index (χ1n) is 11.8. The zero-order chi connectivity index (χ0) is 24.5. The number of nitrogens with one attached hydrogen (secondary N) is 3. The van der Waals surface area contributed by atoms with Crippen molar-refractivity contribution >= 4 is 28.9 Å². The van der Waals surface area contributed by atoms with Crippen LogP contribution in [-0.2, 0) is 0 Å². The minimum absolute atomic E-state index is 0.00584. The number of fused-ring (bicyclic) bond motifs is 1. The number of hydrogen-bond donors (Lipinski definition) is 4. The zero-order valence-corrected chi connectivity index (χ0v) is 20.1. The van der Waals surface area contributed by atoms with Gasteiger partial charge in [-0.05, 0) is 45.7 Å². The maximum atomic E-state index is 13.0. The fraction of sp³-hybridized carbons (Fsp3) is 0.500. The number of aliphatic hydroxyl groups is 1. The number of anilines is 3. The first kappa shape index (κ1) is 23.7. The van der Waals surface area contributed by atoms with Gasteiger partial charge in [0.15, 0.2) is 5.65 Å². The highest BCUT2D eigenvalue weighted by Crippen LogP contribution is 2.33. The van der Waals surface area contributed by atoms with Crippen LogP contribution in [0, 0.1) is 5.92 Å². The minimum atomic E-state index is -0.778. The largest absolute Gasteiger partial charge is 0.390 e. The summed E-state index contributed by atoms with van der Waals surface area (Å²) in [6.45, 7) is 6.11. The second-order valence-electron chi connectivity index (χ2n) is 9.43. The molecule has 10 heteroatoms. The molecule has 4 N–H and O–H groups in total. The van der Waals surface area contributed by atoms with E-state index >= 15 is 0 Å². The average molecular weight is 468 g/mol. The summed E-state index contributed by atoms with van der Waals surface area (Å²) in [6.07, 6.45) is 6.90. The van der Waals surface area contributed by atoms with E-state index in [1.54, 1.807) is 40.5 Å². The molecule has 1 aliphatic carbocycles. The Morgan fingerprint density at radius 1 is 1.35 bits per heavy atom. The van der Waals surface area contributed by atoms with Gasteiger partial charge < -0.3 is 25.6 Å². The van der Waals surface area contributed by atoms with Gasteiger partial charge in [0.1, 0.15) is 22.9 Å². The van der Waals surface area contributed by atoms with Crippen LogP contribution in [0.4, 0.5) is 17.3 Å². The molecule has 1 aliphatic rings. The van der Waals surface area contributed by atoms with E-state index in [-0.39, 0.29) is 23.4 Å². The molecule has 3 heterocycles. The summed E-state index contributed by atoms with van der Waals surface area (Å²) in [7, 11) is 1.75. The van der Waals surface area contributed by atoms with E-state index < -0.39 is 5.60 Å². The molecule has 0 aromatic carbocycles. The third-order valence-corrected chi connectivity index (χ3v) is 6.64. The van der Waals surface area contributed by atoms with Gasteiger partial charge in [-0.3, -0.25) is 9.59 Å². The molecule has 0 spiro atoms. The highest BCUT2D eigenvalue weighted by atomic mass is 16.3. The van der Waals surface area contributed by atoms with Gasteiger partial charge in [0.05, 0.1) is 11.8 Å². The van der Waals surface area contributed by atoms with E-state index in [0.29, 0.717) is 35.1 Å². The number of hydrogen-bond acceptors (Lipinski definition) is 7. The van der Waals surface area contributed by atoms with Gasteiger partial charge >= 0.3 is 0 Å². The van der Waals surface area contributed by atoms with Crippen molar-refractivity contribution < 1.29 is 9.90 Å². The molecule has 182 valence electrons. The lowest BCUT2D eigenvalue weighted by Crippen LogP contribution is -2.44. The Morgan fingerprint density at radius 2 is 2.15 bits per heavy atom. The van der Waals surface area contributed by atoms with Gasteiger partial charge in [0, 0.05) is 37.8 Å². The number of rotatable bonds is 7.